The van der Waals surface area contributed by atoms with Crippen LogP contribution in [0.15, 0.2) is 73.1 Å². The first-order chi connectivity index (χ1) is 16.2. The number of carbonyl (C=O) groups excluding carboxylic acids is 1. The van der Waals surface area contributed by atoms with Crippen LogP contribution in [0.3, 0.4) is 0 Å². The first kappa shape index (κ1) is 21.9. The highest BCUT2D eigenvalue weighted by atomic mass is 16.3. The molecule has 4 aromatic rings. The predicted octanol–water partition coefficient (Wildman–Crippen LogP) is 2.19. The van der Waals surface area contributed by atoms with Crippen LogP contribution in [-0.2, 0) is 11.4 Å². The molecule has 166 valence electrons. The number of allylic oxidation sites excluding steroid dienone is 2. The molecule has 0 aliphatic carbocycles. The van der Waals surface area contributed by atoms with Crippen molar-refractivity contribution in [3.05, 3.63) is 84.3 Å². The smallest absolute Gasteiger partial charge is 0.211 e. The lowest BCUT2D eigenvalue weighted by atomic mass is 10.1. The average molecular weight is 442 g/mol. The van der Waals surface area contributed by atoms with Crippen LogP contribution in [0.1, 0.15) is 11.3 Å². The number of rotatable bonds is 8. The Labute approximate surface area is 189 Å². The zero-order valence-electron chi connectivity index (χ0n) is 17.6. The van der Waals surface area contributed by atoms with E-state index < -0.39 is 0 Å². The summed E-state index contributed by atoms with van der Waals surface area (Å²) >= 11 is 0. The summed E-state index contributed by atoms with van der Waals surface area (Å²) in [5, 5.41) is 21.1. The van der Waals surface area contributed by atoms with E-state index in [2.05, 4.69) is 10.3 Å². The van der Waals surface area contributed by atoms with Crippen molar-refractivity contribution >= 4 is 29.0 Å². The zero-order chi connectivity index (χ0) is 23.2. The molecule has 0 spiro atoms. The molecule has 0 aliphatic rings. The van der Waals surface area contributed by atoms with Crippen molar-refractivity contribution in [3.63, 3.8) is 0 Å². The van der Waals surface area contributed by atoms with Gasteiger partial charge in [0.05, 0.1) is 24.5 Å². The zero-order valence-corrected chi connectivity index (χ0v) is 17.6. The number of nitrogens with two attached hydrogens (primary N) is 1. The molecule has 0 saturated heterocycles. The lowest BCUT2D eigenvalue weighted by Gasteiger charge is -2.11. The van der Waals surface area contributed by atoms with Crippen LogP contribution in [0.25, 0.3) is 33.8 Å². The number of carbonyl (C=O) groups is 1. The van der Waals surface area contributed by atoms with Crippen LogP contribution in [0, 0.1) is 0 Å². The molecule has 9 heteroatoms. The third-order valence-corrected chi connectivity index (χ3v) is 4.97. The molecule has 0 saturated carbocycles. The fourth-order valence-electron chi connectivity index (χ4n) is 3.41. The fourth-order valence-corrected chi connectivity index (χ4v) is 3.41. The third kappa shape index (κ3) is 4.49. The molecule has 1 aromatic carbocycles. The Bertz CT molecular complexity index is 1340. The van der Waals surface area contributed by atoms with Gasteiger partial charge in [0.15, 0.2) is 11.5 Å². The van der Waals surface area contributed by atoms with Crippen molar-refractivity contribution in [2.24, 2.45) is 0 Å². The number of aliphatic hydroxyl groups is 2. The molecule has 33 heavy (non-hydrogen) atoms. The van der Waals surface area contributed by atoms with Gasteiger partial charge in [0.1, 0.15) is 11.3 Å². The Balaban J connectivity index is 1.97. The molecule has 1 amide bonds. The summed E-state index contributed by atoms with van der Waals surface area (Å²) in [6.45, 7) is -0.217. The fraction of sp³-hybridized carbons (Fsp3) is 0.0833. The van der Waals surface area contributed by atoms with E-state index in [0.717, 1.165) is 11.3 Å². The van der Waals surface area contributed by atoms with E-state index >= 15 is 0 Å². The van der Waals surface area contributed by atoms with Crippen molar-refractivity contribution in [1.29, 1.82) is 0 Å². The van der Waals surface area contributed by atoms with E-state index in [0.29, 0.717) is 46.0 Å². The van der Waals surface area contributed by atoms with Gasteiger partial charge in [-0.1, -0.05) is 24.3 Å². The molecular weight excluding hydrogens is 420 g/mol. The summed E-state index contributed by atoms with van der Waals surface area (Å²) in [7, 11) is 0. The maximum Gasteiger partial charge on any atom is 0.211 e. The van der Waals surface area contributed by atoms with Crippen LogP contribution in [-0.4, -0.2) is 42.7 Å². The Hall–Kier alpha value is -4.34. The maximum absolute atomic E-state index is 10.8. The largest absolute Gasteiger partial charge is 0.392 e. The summed E-state index contributed by atoms with van der Waals surface area (Å²) in [4.78, 5) is 24.6. The summed E-state index contributed by atoms with van der Waals surface area (Å²) in [6, 6.07) is 14.6. The SMILES string of the molecule is Nc1ncccc1-c1nc2ccc(C(/C=C\CO)=C/NC=O)nc2n1-c1ccc(CO)cc1. The van der Waals surface area contributed by atoms with Gasteiger partial charge >= 0.3 is 0 Å². The van der Waals surface area contributed by atoms with Gasteiger partial charge in [-0.3, -0.25) is 9.36 Å². The number of aromatic nitrogens is 4. The molecule has 0 radical (unpaired) electrons. The first-order valence-electron chi connectivity index (χ1n) is 10.1. The number of nitrogen functional groups attached to an aromatic ring is 1. The van der Waals surface area contributed by atoms with E-state index in [1.54, 1.807) is 30.5 Å². The van der Waals surface area contributed by atoms with Gasteiger partial charge in [-0.05, 0) is 42.0 Å². The van der Waals surface area contributed by atoms with E-state index in [9.17, 15) is 15.0 Å². The number of aliphatic hydroxyl groups excluding tert-OH is 2. The number of hydrogen-bond acceptors (Lipinski definition) is 7. The highest BCUT2D eigenvalue weighted by Crippen LogP contribution is 2.31. The molecule has 3 heterocycles. The Morgan fingerprint density at radius 2 is 1.91 bits per heavy atom. The quantitative estimate of drug-likeness (QED) is 0.242. The number of nitrogens with one attached hydrogen (secondary N) is 1. The van der Waals surface area contributed by atoms with Gasteiger partial charge in [0.25, 0.3) is 0 Å². The molecule has 4 rings (SSSR count). The summed E-state index contributed by atoms with van der Waals surface area (Å²) < 4.78 is 1.87. The number of fused-ring (bicyclic) bond motifs is 1. The molecule has 0 atom stereocenters. The van der Waals surface area contributed by atoms with Gasteiger partial charge in [0.2, 0.25) is 6.41 Å². The monoisotopic (exact) mass is 442 g/mol. The number of pyridine rings is 2. The summed E-state index contributed by atoms with van der Waals surface area (Å²) in [5.74, 6) is 0.905. The highest BCUT2D eigenvalue weighted by Gasteiger charge is 2.18. The lowest BCUT2D eigenvalue weighted by Crippen LogP contribution is -2.04. The van der Waals surface area contributed by atoms with Gasteiger partial charge < -0.3 is 21.3 Å². The number of amides is 1. The number of hydrogen-bond donors (Lipinski definition) is 4. The molecule has 0 unspecified atom stereocenters. The molecule has 0 bridgehead atoms. The van der Waals surface area contributed by atoms with E-state index in [4.69, 9.17) is 15.7 Å². The van der Waals surface area contributed by atoms with E-state index in [-0.39, 0.29) is 13.2 Å². The second-order valence-electron chi connectivity index (χ2n) is 7.04. The molecule has 5 N–H and O–H groups in total. The van der Waals surface area contributed by atoms with Gasteiger partial charge in [0, 0.05) is 23.7 Å². The number of anilines is 1. The van der Waals surface area contributed by atoms with Gasteiger partial charge in [-0.25, -0.2) is 15.0 Å². The second kappa shape index (κ2) is 9.86. The van der Waals surface area contributed by atoms with Crippen molar-refractivity contribution in [2.45, 2.75) is 6.61 Å². The van der Waals surface area contributed by atoms with Gasteiger partial charge in [-0.15, -0.1) is 0 Å². The minimum atomic E-state index is -0.153. The average Bonchev–Trinajstić information content (AvgIpc) is 3.23. The molecular formula is C24H22N6O3. The van der Waals surface area contributed by atoms with E-state index in [1.165, 1.54) is 6.20 Å². The Morgan fingerprint density at radius 1 is 1.09 bits per heavy atom. The Kier molecular flexibility index (Phi) is 6.53. The van der Waals surface area contributed by atoms with Crippen LogP contribution < -0.4 is 11.1 Å². The number of imidazole rings is 1. The lowest BCUT2D eigenvalue weighted by molar-refractivity contribution is -0.108. The third-order valence-electron chi connectivity index (χ3n) is 4.97. The van der Waals surface area contributed by atoms with Crippen LogP contribution in [0.5, 0.6) is 0 Å². The molecule has 0 aliphatic heterocycles. The van der Waals surface area contributed by atoms with Crippen molar-refractivity contribution in [1.82, 2.24) is 24.8 Å². The standard InChI is InChI=1S/C24H22N6O3/c25-22-19(4-1-11-27-22)23-29-21-10-9-20(17(3-2-12-31)13-26-15-33)28-24(21)30(23)18-7-5-16(14-32)6-8-18/h1-11,13,15,31-32H,12,14H2,(H2,25,27)(H,26,33)/b3-2-,17-13+. The van der Waals surface area contributed by atoms with E-state index in [1.807, 2.05) is 41.0 Å². The number of nitrogens with zero attached hydrogens (tertiary/aromatic N) is 4. The maximum atomic E-state index is 10.8. The normalized spacial score (nSPS) is 11.9. The summed E-state index contributed by atoms with van der Waals surface area (Å²) in [5.41, 5.74) is 10.7. The molecule has 9 nitrogen and oxygen atoms in total. The van der Waals surface area contributed by atoms with Crippen molar-refractivity contribution in [3.8, 4) is 17.1 Å². The van der Waals surface area contributed by atoms with Crippen LogP contribution >= 0.6 is 0 Å². The highest BCUT2D eigenvalue weighted by molar-refractivity contribution is 5.85. The summed E-state index contributed by atoms with van der Waals surface area (Å²) in [6.07, 6.45) is 6.90. The van der Waals surface area contributed by atoms with Gasteiger partial charge in [-0.2, -0.15) is 0 Å². The Morgan fingerprint density at radius 3 is 2.61 bits per heavy atom. The predicted molar refractivity (Wildman–Crippen MR) is 126 cm³/mol. The molecule has 0 fully saturated rings. The first-order valence-corrected chi connectivity index (χ1v) is 10.1. The number of benzene rings is 1. The topological polar surface area (TPSA) is 139 Å². The molecule has 3 aromatic heterocycles. The van der Waals surface area contributed by atoms with Crippen LogP contribution in [0.4, 0.5) is 5.82 Å². The van der Waals surface area contributed by atoms with Crippen molar-refractivity contribution in [2.75, 3.05) is 12.3 Å². The van der Waals surface area contributed by atoms with Crippen LogP contribution in [0.2, 0.25) is 0 Å². The van der Waals surface area contributed by atoms with Crippen molar-refractivity contribution < 1.29 is 15.0 Å². The minimum absolute atomic E-state index is 0.0646. The second-order valence-corrected chi connectivity index (χ2v) is 7.04. The minimum Gasteiger partial charge on any atom is -0.392 e.